The van der Waals surface area contributed by atoms with Crippen LogP contribution in [0.1, 0.15) is 40.4 Å². The van der Waals surface area contributed by atoms with E-state index >= 15 is 0 Å². The Labute approximate surface area is 76.4 Å². The van der Waals surface area contributed by atoms with Crippen LogP contribution in [0.25, 0.3) is 0 Å². The largest absolute Gasteiger partial charge is 0.478 e. The summed E-state index contributed by atoms with van der Waals surface area (Å²) in [6.45, 7) is 1.93. The normalized spacial score (nSPS) is 15.8. The van der Waals surface area contributed by atoms with Crippen molar-refractivity contribution in [2.24, 2.45) is 0 Å². The van der Waals surface area contributed by atoms with Gasteiger partial charge in [0.15, 0.2) is 0 Å². The number of aryl methyl sites for hydroxylation is 1. The highest BCUT2D eigenvalue weighted by Crippen LogP contribution is 2.41. The van der Waals surface area contributed by atoms with Gasteiger partial charge in [0, 0.05) is 11.9 Å². The first-order chi connectivity index (χ1) is 6.18. The van der Waals surface area contributed by atoms with Crippen molar-refractivity contribution in [3.05, 3.63) is 29.1 Å². The molecule has 0 radical (unpaired) electrons. The van der Waals surface area contributed by atoms with Gasteiger partial charge < -0.3 is 5.11 Å². The highest BCUT2D eigenvalue weighted by atomic mass is 16.4. The zero-order valence-corrected chi connectivity index (χ0v) is 7.45. The van der Waals surface area contributed by atoms with Gasteiger partial charge in [-0.05, 0) is 37.3 Å². The van der Waals surface area contributed by atoms with Gasteiger partial charge in [-0.15, -0.1) is 0 Å². The molecule has 0 atom stereocenters. The van der Waals surface area contributed by atoms with Gasteiger partial charge in [-0.2, -0.15) is 0 Å². The van der Waals surface area contributed by atoms with Crippen LogP contribution in [0.4, 0.5) is 0 Å². The van der Waals surface area contributed by atoms with Crippen LogP contribution in [0.2, 0.25) is 0 Å². The Morgan fingerprint density at radius 2 is 2.31 bits per heavy atom. The van der Waals surface area contributed by atoms with Crippen LogP contribution in [0.3, 0.4) is 0 Å². The number of aromatic carboxylic acids is 1. The molecule has 3 heteroatoms. The molecule has 0 aliphatic heterocycles. The first-order valence-corrected chi connectivity index (χ1v) is 4.38. The number of pyridine rings is 1. The fraction of sp³-hybridized carbons (Fsp3) is 0.400. The maximum absolute atomic E-state index is 10.7. The molecule has 2 rings (SSSR count). The van der Waals surface area contributed by atoms with Gasteiger partial charge in [-0.3, -0.25) is 4.98 Å². The number of carboxylic acids is 1. The quantitative estimate of drug-likeness (QED) is 0.751. The summed E-state index contributed by atoms with van der Waals surface area (Å²) in [6.07, 6.45) is 3.76. The third-order valence-corrected chi connectivity index (χ3v) is 2.39. The summed E-state index contributed by atoms with van der Waals surface area (Å²) in [5, 5.41) is 8.76. The van der Waals surface area contributed by atoms with Crippen LogP contribution in [0.5, 0.6) is 0 Å². The molecule has 1 saturated carbocycles. The SMILES string of the molecule is Cc1ncc(C(=O)O)cc1C1CC1. The Bertz CT molecular complexity index is 356. The minimum absolute atomic E-state index is 0.299. The van der Waals surface area contributed by atoms with Crippen LogP contribution in [0.15, 0.2) is 12.3 Å². The van der Waals surface area contributed by atoms with E-state index in [2.05, 4.69) is 4.98 Å². The highest BCUT2D eigenvalue weighted by Gasteiger charge is 2.26. The number of carboxylic acid groups (broad SMARTS) is 1. The minimum Gasteiger partial charge on any atom is -0.478 e. The van der Waals surface area contributed by atoms with Crippen molar-refractivity contribution in [3.8, 4) is 0 Å². The van der Waals surface area contributed by atoms with Gasteiger partial charge in [0.1, 0.15) is 0 Å². The van der Waals surface area contributed by atoms with E-state index in [0.717, 1.165) is 11.3 Å². The van der Waals surface area contributed by atoms with Crippen molar-refractivity contribution in [1.82, 2.24) is 4.98 Å². The zero-order valence-electron chi connectivity index (χ0n) is 7.45. The lowest BCUT2D eigenvalue weighted by molar-refractivity contribution is 0.0696. The molecule has 0 unspecified atom stereocenters. The summed E-state index contributed by atoms with van der Waals surface area (Å²) >= 11 is 0. The number of hydrogen-bond acceptors (Lipinski definition) is 2. The molecule has 68 valence electrons. The molecule has 1 heterocycles. The second-order valence-corrected chi connectivity index (χ2v) is 3.48. The molecule has 1 aromatic rings. The first-order valence-electron chi connectivity index (χ1n) is 4.38. The third-order valence-electron chi connectivity index (χ3n) is 2.39. The monoisotopic (exact) mass is 177 g/mol. The molecule has 1 aliphatic rings. The Balaban J connectivity index is 2.41. The molecule has 0 bridgehead atoms. The highest BCUT2D eigenvalue weighted by molar-refractivity contribution is 5.87. The van der Waals surface area contributed by atoms with E-state index in [1.807, 2.05) is 6.92 Å². The summed E-state index contributed by atoms with van der Waals surface area (Å²) in [5.74, 6) is -0.332. The average Bonchev–Trinajstić information content (AvgIpc) is 2.87. The van der Waals surface area contributed by atoms with Gasteiger partial charge in [0.05, 0.1) is 5.56 Å². The third kappa shape index (κ3) is 1.54. The Morgan fingerprint density at radius 1 is 1.62 bits per heavy atom. The predicted molar refractivity (Wildman–Crippen MR) is 47.9 cm³/mol. The minimum atomic E-state index is -0.894. The lowest BCUT2D eigenvalue weighted by atomic mass is 10.1. The van der Waals surface area contributed by atoms with Crippen molar-refractivity contribution in [1.29, 1.82) is 0 Å². The van der Waals surface area contributed by atoms with E-state index in [1.54, 1.807) is 6.07 Å². The Hall–Kier alpha value is -1.38. The van der Waals surface area contributed by atoms with Crippen molar-refractivity contribution in [3.63, 3.8) is 0 Å². The molecular weight excluding hydrogens is 166 g/mol. The molecule has 13 heavy (non-hydrogen) atoms. The van der Waals surface area contributed by atoms with E-state index in [0.29, 0.717) is 11.5 Å². The average molecular weight is 177 g/mol. The van der Waals surface area contributed by atoms with Crippen LogP contribution in [0, 0.1) is 6.92 Å². The molecule has 0 saturated heterocycles. The number of carbonyl (C=O) groups is 1. The molecule has 3 nitrogen and oxygen atoms in total. The van der Waals surface area contributed by atoms with Crippen LogP contribution >= 0.6 is 0 Å². The van der Waals surface area contributed by atoms with Gasteiger partial charge in [0.25, 0.3) is 0 Å². The fourth-order valence-electron chi connectivity index (χ4n) is 1.47. The van der Waals surface area contributed by atoms with Crippen molar-refractivity contribution < 1.29 is 9.90 Å². The molecule has 1 fully saturated rings. The van der Waals surface area contributed by atoms with Crippen LogP contribution in [-0.2, 0) is 0 Å². The fourth-order valence-corrected chi connectivity index (χ4v) is 1.47. The lowest BCUT2D eigenvalue weighted by Gasteiger charge is -2.03. The van der Waals surface area contributed by atoms with E-state index < -0.39 is 5.97 Å². The van der Waals surface area contributed by atoms with Gasteiger partial charge in [-0.1, -0.05) is 0 Å². The summed E-state index contributed by atoms with van der Waals surface area (Å²) in [6, 6.07) is 1.75. The van der Waals surface area contributed by atoms with E-state index in [4.69, 9.17) is 5.11 Å². The number of nitrogens with zero attached hydrogens (tertiary/aromatic N) is 1. The summed E-state index contributed by atoms with van der Waals surface area (Å²) in [4.78, 5) is 14.7. The van der Waals surface area contributed by atoms with Crippen molar-refractivity contribution in [2.45, 2.75) is 25.7 Å². The molecule has 0 aromatic carbocycles. The molecule has 1 aliphatic carbocycles. The lowest BCUT2D eigenvalue weighted by Crippen LogP contribution is -2.00. The zero-order chi connectivity index (χ0) is 9.42. The molecule has 1 N–H and O–H groups in total. The van der Waals surface area contributed by atoms with Gasteiger partial charge in [0.2, 0.25) is 0 Å². The predicted octanol–water partition coefficient (Wildman–Crippen LogP) is 1.97. The molecular formula is C10H11NO2. The summed E-state index contributed by atoms with van der Waals surface area (Å²) in [7, 11) is 0. The maximum atomic E-state index is 10.7. The topological polar surface area (TPSA) is 50.2 Å². The second-order valence-electron chi connectivity index (χ2n) is 3.48. The van der Waals surface area contributed by atoms with Gasteiger partial charge >= 0.3 is 5.97 Å². The smallest absolute Gasteiger partial charge is 0.337 e. The van der Waals surface area contributed by atoms with Crippen molar-refractivity contribution in [2.75, 3.05) is 0 Å². The van der Waals surface area contributed by atoms with Gasteiger partial charge in [-0.25, -0.2) is 4.79 Å². The standard InChI is InChI=1S/C10H11NO2/c1-6-9(7-2-3-7)4-8(5-11-6)10(12)13/h4-5,7H,2-3H2,1H3,(H,12,13). The molecule has 1 aromatic heterocycles. The van der Waals surface area contributed by atoms with E-state index in [-0.39, 0.29) is 0 Å². The van der Waals surface area contributed by atoms with Crippen LogP contribution < -0.4 is 0 Å². The molecule has 0 amide bonds. The number of rotatable bonds is 2. The Morgan fingerprint density at radius 3 is 2.85 bits per heavy atom. The number of aromatic nitrogens is 1. The number of hydrogen-bond donors (Lipinski definition) is 1. The second kappa shape index (κ2) is 2.83. The van der Waals surface area contributed by atoms with E-state index in [9.17, 15) is 4.79 Å². The van der Waals surface area contributed by atoms with Crippen LogP contribution in [-0.4, -0.2) is 16.1 Å². The molecule has 0 spiro atoms. The van der Waals surface area contributed by atoms with Crippen molar-refractivity contribution >= 4 is 5.97 Å². The maximum Gasteiger partial charge on any atom is 0.337 e. The summed E-state index contributed by atoms with van der Waals surface area (Å²) in [5.41, 5.74) is 2.37. The Kier molecular flexibility index (Phi) is 1.79. The summed E-state index contributed by atoms with van der Waals surface area (Å²) < 4.78 is 0. The first kappa shape index (κ1) is 8.23. The van der Waals surface area contributed by atoms with E-state index in [1.165, 1.54) is 19.0 Å².